The first-order valence-electron chi connectivity index (χ1n) is 21.5. The van der Waals surface area contributed by atoms with Gasteiger partial charge in [0, 0.05) is 76.7 Å². The summed E-state index contributed by atoms with van der Waals surface area (Å²) in [6.45, 7) is -0.109. The van der Waals surface area contributed by atoms with Crippen LogP contribution in [0, 0.1) is 0 Å². The number of carbonyl (C=O) groups excluding carboxylic acids is 9. The van der Waals surface area contributed by atoms with E-state index in [0.29, 0.717) is 0 Å². The number of rotatable bonds is 9. The van der Waals surface area contributed by atoms with Gasteiger partial charge in [0.1, 0.15) is 52.7 Å². The van der Waals surface area contributed by atoms with Crippen LogP contribution in [0.3, 0.4) is 0 Å². The van der Waals surface area contributed by atoms with Gasteiger partial charge in [-0.15, -0.1) is 0 Å². The van der Waals surface area contributed by atoms with Crippen LogP contribution in [-0.2, 0) is 28.8 Å². The Balaban J connectivity index is 1.26. The molecule has 7 heterocycles. The van der Waals surface area contributed by atoms with Gasteiger partial charge in [-0.2, -0.15) is 0 Å². The van der Waals surface area contributed by atoms with Crippen molar-refractivity contribution in [2.24, 2.45) is 17.2 Å². The molecule has 0 unspecified atom stereocenters. The Morgan fingerprint density at radius 1 is 0.485 bits per heavy atom. The number of nitrogens with two attached hydrogens (primary N) is 3. The molecule has 3 saturated heterocycles. The molecule has 12 N–H and O–H groups in total. The fraction of sp³-hybridized carbons (Fsp3) is 0.429. The lowest BCUT2D eigenvalue weighted by molar-refractivity contribution is -0.122. The summed E-state index contributed by atoms with van der Waals surface area (Å²) in [5, 5.41) is 16.5. The van der Waals surface area contributed by atoms with Crippen molar-refractivity contribution in [3.8, 4) is 0 Å². The Morgan fingerprint density at radius 2 is 0.758 bits per heavy atom. The highest BCUT2D eigenvalue weighted by molar-refractivity contribution is 6.04. The lowest BCUT2D eigenvalue weighted by atomic mass is 10.1. The molecule has 24 nitrogen and oxygen atoms in total. The molecule has 4 aliphatic heterocycles. The van der Waals surface area contributed by atoms with Crippen molar-refractivity contribution in [1.82, 2.24) is 45.6 Å². The number of carbonyl (C=O) groups is 9. The smallest absolute Gasteiger partial charge is 0.273 e. The molecule has 9 amide bonds. The van der Waals surface area contributed by atoms with Crippen LogP contribution in [0.4, 0.5) is 17.5 Å². The molecular weight excluding hydrogens is 859 g/mol. The van der Waals surface area contributed by atoms with Gasteiger partial charge in [-0.05, 0) is 55.7 Å². The van der Waals surface area contributed by atoms with Crippen molar-refractivity contribution in [1.29, 1.82) is 0 Å². The Labute approximate surface area is 377 Å². The minimum atomic E-state index is -1.19. The van der Waals surface area contributed by atoms with Crippen LogP contribution in [0.15, 0.2) is 54.6 Å². The minimum absolute atomic E-state index is 0.00319. The third-order valence-corrected chi connectivity index (χ3v) is 11.5. The van der Waals surface area contributed by atoms with E-state index in [1.54, 1.807) is 0 Å². The summed E-state index contributed by atoms with van der Waals surface area (Å²) in [7, 11) is 0. The van der Waals surface area contributed by atoms with Gasteiger partial charge in [0.15, 0.2) is 0 Å². The number of nitrogens with zero attached hydrogens (tertiary/aromatic N) is 6. The molecule has 4 aliphatic rings. The summed E-state index contributed by atoms with van der Waals surface area (Å²) in [6, 6.07) is 7.27. The van der Waals surface area contributed by atoms with Crippen molar-refractivity contribution in [3.05, 3.63) is 71.7 Å². The van der Waals surface area contributed by atoms with E-state index < -0.39 is 71.7 Å². The highest BCUT2D eigenvalue weighted by Gasteiger charge is 2.44. The van der Waals surface area contributed by atoms with Crippen molar-refractivity contribution in [2.75, 3.05) is 55.2 Å². The van der Waals surface area contributed by atoms with Crippen LogP contribution >= 0.6 is 0 Å². The predicted molar refractivity (Wildman–Crippen MR) is 234 cm³/mol. The molecule has 3 aromatic rings. The molecule has 0 saturated carbocycles. The zero-order chi connectivity index (χ0) is 47.1. The fourth-order valence-electron chi connectivity index (χ4n) is 8.47. The van der Waals surface area contributed by atoms with Gasteiger partial charge in [0.05, 0.1) is 0 Å². The topological polar surface area (TPSA) is 352 Å². The van der Waals surface area contributed by atoms with Crippen molar-refractivity contribution in [3.63, 3.8) is 0 Å². The Hall–Kier alpha value is -7.44. The monoisotopic (exact) mass is 909 g/mol. The maximum absolute atomic E-state index is 14.3. The maximum atomic E-state index is 14.3. The van der Waals surface area contributed by atoms with E-state index in [-0.39, 0.29) is 130 Å². The standard InChI is InChI=1S/C42H51N15O9/c43-13-10-34(58)46-22-17-29-38(62)53-32-8-3-6-27(51-32)42(66)57-21-24(48-36(60)12-15-45)18-30(57)39(63)54-33-9-2-5-26(50-33)41(65)56-20-23(47-35(59)11-14-44)16-28(56)37(61)52-31-7-1-4-25(49-31)40(64)55(29)19-22/h1-9,22-24,28-30H,10-21,43-45H2,(H,46,58)(H,47,59)(H,48,60)(H,49,52,61)(H,51,53,62)(H,50,54,63)/t22-,23-,24-,28+,29+,30+/m1/s1. The van der Waals surface area contributed by atoms with E-state index in [2.05, 4.69) is 46.9 Å². The largest absolute Gasteiger partial charge is 0.351 e. The van der Waals surface area contributed by atoms with Gasteiger partial charge in [-0.1, -0.05) is 18.2 Å². The summed E-state index contributed by atoms with van der Waals surface area (Å²) in [5.41, 5.74) is 16.3. The number of hydrogen-bond acceptors (Lipinski definition) is 15. The van der Waals surface area contributed by atoms with Gasteiger partial charge >= 0.3 is 0 Å². The molecule has 3 aromatic heterocycles. The van der Waals surface area contributed by atoms with Crippen molar-refractivity contribution >= 4 is 70.6 Å². The summed E-state index contributed by atoms with van der Waals surface area (Å²) >= 11 is 0. The molecule has 3 fully saturated rings. The fourth-order valence-corrected chi connectivity index (χ4v) is 8.47. The molecule has 6 atom stereocenters. The van der Waals surface area contributed by atoms with Crippen LogP contribution in [0.2, 0.25) is 0 Å². The third kappa shape index (κ3) is 10.7. The van der Waals surface area contributed by atoms with Gasteiger partial charge in [-0.3, -0.25) is 43.2 Å². The number of amides is 9. The van der Waals surface area contributed by atoms with Crippen LogP contribution in [0.25, 0.3) is 0 Å². The summed E-state index contributed by atoms with van der Waals surface area (Å²) in [6.07, 6.45) is -0.0434. The number of fused-ring (bicyclic) bond motifs is 9. The molecule has 7 rings (SSSR count). The Morgan fingerprint density at radius 3 is 1.02 bits per heavy atom. The van der Waals surface area contributed by atoms with E-state index in [4.69, 9.17) is 17.2 Å². The van der Waals surface area contributed by atoms with Crippen molar-refractivity contribution < 1.29 is 43.2 Å². The zero-order valence-electron chi connectivity index (χ0n) is 35.7. The van der Waals surface area contributed by atoms with Crippen LogP contribution < -0.4 is 49.1 Å². The van der Waals surface area contributed by atoms with Gasteiger partial charge in [-0.25, -0.2) is 15.0 Å². The lowest BCUT2D eigenvalue weighted by Crippen LogP contribution is -2.45. The van der Waals surface area contributed by atoms with E-state index in [9.17, 15) is 43.2 Å². The quantitative estimate of drug-likeness (QED) is 0.105. The SMILES string of the molecule is NCCC(=O)N[C@@H]1C[C@H]2C(=O)Nc3cccc(n3)C(=O)N3C[C@H](NC(=O)CCN)C[C@H]3C(=O)Nc3cccc(n3)C(=O)N3C[C@H](NC(=O)CCN)C[C@H]3C(=O)Nc3cccc(n3)C(=O)N2C1. The van der Waals surface area contributed by atoms with E-state index in [0.717, 1.165) is 0 Å². The highest BCUT2D eigenvalue weighted by atomic mass is 16.2. The minimum Gasteiger partial charge on any atom is -0.351 e. The Kier molecular flexibility index (Phi) is 14.5. The molecule has 0 spiro atoms. The van der Waals surface area contributed by atoms with E-state index in [1.165, 1.54) is 69.3 Å². The molecular formula is C42H51N15O9. The van der Waals surface area contributed by atoms with Crippen LogP contribution in [0.1, 0.15) is 70.0 Å². The number of nitrogens with one attached hydrogen (secondary N) is 6. The van der Waals surface area contributed by atoms with E-state index in [1.807, 2.05) is 0 Å². The summed E-state index contributed by atoms with van der Waals surface area (Å²) in [4.78, 5) is 140. The van der Waals surface area contributed by atoms with Gasteiger partial charge in [0.2, 0.25) is 35.4 Å². The maximum Gasteiger partial charge on any atom is 0.273 e. The second kappa shape index (κ2) is 20.6. The van der Waals surface area contributed by atoms with E-state index >= 15 is 0 Å². The van der Waals surface area contributed by atoms with Crippen LogP contribution in [-0.4, -0.2) is 158 Å². The number of hydrogen-bond donors (Lipinski definition) is 9. The molecule has 348 valence electrons. The highest BCUT2D eigenvalue weighted by Crippen LogP contribution is 2.27. The predicted octanol–water partition coefficient (Wildman–Crippen LogP) is -2.75. The molecule has 24 heteroatoms. The van der Waals surface area contributed by atoms with Gasteiger partial charge < -0.3 is 63.8 Å². The first kappa shape index (κ1) is 46.5. The first-order valence-corrected chi connectivity index (χ1v) is 21.5. The molecule has 0 aliphatic carbocycles. The molecule has 0 radical (unpaired) electrons. The Bertz CT molecular complexity index is 2160. The van der Waals surface area contributed by atoms with Gasteiger partial charge in [0.25, 0.3) is 17.7 Å². The average Bonchev–Trinajstić information content (AvgIpc) is 4.03. The molecule has 6 bridgehead atoms. The van der Waals surface area contributed by atoms with Crippen molar-refractivity contribution in [2.45, 2.75) is 74.8 Å². The lowest BCUT2D eigenvalue weighted by Gasteiger charge is -2.25. The van der Waals surface area contributed by atoms with Crippen LogP contribution in [0.5, 0.6) is 0 Å². The second-order valence-corrected chi connectivity index (χ2v) is 16.2. The summed E-state index contributed by atoms with van der Waals surface area (Å²) in [5.74, 6) is -5.61. The second-order valence-electron chi connectivity index (χ2n) is 16.2. The average molecular weight is 910 g/mol. The molecule has 0 aromatic carbocycles. The third-order valence-electron chi connectivity index (χ3n) is 11.5. The normalized spacial score (nSPS) is 23.4. The number of anilines is 3. The first-order chi connectivity index (χ1) is 31.7. The number of pyridine rings is 3. The zero-order valence-corrected chi connectivity index (χ0v) is 35.7. The molecule has 66 heavy (non-hydrogen) atoms. The number of aromatic nitrogens is 3. The summed E-state index contributed by atoms with van der Waals surface area (Å²) < 4.78 is 0.